The Labute approximate surface area is 197 Å². The van der Waals surface area contributed by atoms with E-state index in [0.717, 1.165) is 6.20 Å². The Hall–Kier alpha value is -3.55. The van der Waals surface area contributed by atoms with Gasteiger partial charge in [-0.3, -0.25) is 9.59 Å². The van der Waals surface area contributed by atoms with E-state index >= 15 is 0 Å². The van der Waals surface area contributed by atoms with Crippen molar-refractivity contribution in [2.24, 2.45) is 0 Å². The van der Waals surface area contributed by atoms with Crippen molar-refractivity contribution < 1.29 is 37.0 Å². The molecule has 0 atom stereocenters. The van der Waals surface area contributed by atoms with Crippen molar-refractivity contribution in [1.82, 2.24) is 20.3 Å². The summed E-state index contributed by atoms with van der Waals surface area (Å²) in [4.78, 5) is 39.6. The van der Waals surface area contributed by atoms with Gasteiger partial charge >= 0.3 is 6.09 Å². The minimum absolute atomic E-state index is 0.0678. The number of carbonyl (C=O) groups excluding carboxylic acids is 3. The van der Waals surface area contributed by atoms with Crippen LogP contribution in [0.2, 0.25) is 0 Å². The highest BCUT2D eigenvalue weighted by molar-refractivity contribution is 7.90. The molecule has 0 saturated heterocycles. The Morgan fingerprint density at radius 1 is 0.912 bits per heavy atom. The second-order valence-corrected chi connectivity index (χ2v) is 8.29. The van der Waals surface area contributed by atoms with E-state index in [0.29, 0.717) is 26.4 Å². The number of carbonyl (C=O) groups is 3. The van der Waals surface area contributed by atoms with Crippen molar-refractivity contribution in [3.8, 4) is 5.88 Å². The minimum atomic E-state index is -4.20. The zero-order valence-electron chi connectivity index (χ0n) is 18.7. The van der Waals surface area contributed by atoms with Crippen LogP contribution in [0.1, 0.15) is 27.6 Å². The number of hydrogen-bond acceptors (Lipinski definition) is 9. The zero-order valence-corrected chi connectivity index (χ0v) is 19.5. The van der Waals surface area contributed by atoms with Gasteiger partial charge in [0, 0.05) is 44.6 Å². The number of hydrogen-bond donors (Lipinski definition) is 3. The van der Waals surface area contributed by atoms with Crippen molar-refractivity contribution in [2.75, 3.05) is 40.0 Å². The summed E-state index contributed by atoms with van der Waals surface area (Å²) in [5.41, 5.74) is 0.185. The van der Waals surface area contributed by atoms with Crippen LogP contribution in [-0.4, -0.2) is 71.3 Å². The maximum Gasteiger partial charge on any atom is 0.414 e. The molecule has 0 saturated carbocycles. The summed E-state index contributed by atoms with van der Waals surface area (Å²) in [6.45, 7) is 3.58. The smallest absolute Gasteiger partial charge is 0.391 e. The average molecular weight is 495 g/mol. The van der Waals surface area contributed by atoms with Gasteiger partial charge in [-0.25, -0.2) is 22.9 Å². The molecular weight excluding hydrogens is 468 g/mol. The van der Waals surface area contributed by atoms with Crippen LogP contribution in [0, 0.1) is 0 Å². The molecule has 0 spiro atoms. The Balaban J connectivity index is 1.93. The first-order valence-corrected chi connectivity index (χ1v) is 11.7. The lowest BCUT2D eigenvalue weighted by molar-refractivity contribution is 0.0935. The molecule has 0 bridgehead atoms. The van der Waals surface area contributed by atoms with Crippen molar-refractivity contribution in [3.05, 3.63) is 53.7 Å². The van der Waals surface area contributed by atoms with Gasteiger partial charge in [0.15, 0.2) is 0 Å². The van der Waals surface area contributed by atoms with Crippen molar-refractivity contribution >= 4 is 27.9 Å². The molecule has 1 aromatic heterocycles. The molecule has 2 aromatic rings. The third-order valence-electron chi connectivity index (χ3n) is 4.16. The van der Waals surface area contributed by atoms with Crippen LogP contribution in [0.3, 0.4) is 0 Å². The molecule has 1 heterocycles. The average Bonchev–Trinajstić information content (AvgIpc) is 2.82. The predicted octanol–water partition coefficient (Wildman–Crippen LogP) is 0.701. The Bertz CT molecular complexity index is 1070. The number of amides is 3. The molecule has 0 aliphatic heterocycles. The second kappa shape index (κ2) is 13.2. The standard InChI is InChI=1S/C21H26N4O8S/c1-3-32-13-11-23-21(28)33-18-9-6-16(14-24-18)20(27)25-34(29,30)17-7-4-15(5-8-17)19(26)22-10-12-31-2/h4-9,14H,3,10-13H2,1-2H3,(H,22,26)(H,23,28)(H,25,27). The number of methoxy groups -OCH3 is 1. The first-order chi connectivity index (χ1) is 16.3. The van der Waals surface area contributed by atoms with Gasteiger partial charge in [0.1, 0.15) is 0 Å². The number of pyridine rings is 1. The lowest BCUT2D eigenvalue weighted by Crippen LogP contribution is -2.31. The van der Waals surface area contributed by atoms with E-state index in [1.165, 1.54) is 43.5 Å². The summed E-state index contributed by atoms with van der Waals surface area (Å²) in [6, 6.07) is 7.58. The number of rotatable bonds is 12. The lowest BCUT2D eigenvalue weighted by atomic mass is 10.2. The van der Waals surface area contributed by atoms with E-state index in [4.69, 9.17) is 14.2 Å². The van der Waals surface area contributed by atoms with Gasteiger partial charge in [0.25, 0.3) is 21.8 Å². The maximum absolute atomic E-state index is 12.5. The van der Waals surface area contributed by atoms with Crippen molar-refractivity contribution in [1.29, 1.82) is 0 Å². The van der Waals surface area contributed by atoms with E-state index in [1.54, 1.807) is 0 Å². The van der Waals surface area contributed by atoms with Crippen LogP contribution in [-0.2, 0) is 19.5 Å². The quantitative estimate of drug-likeness (QED) is 0.361. The van der Waals surface area contributed by atoms with Gasteiger partial charge in [0.2, 0.25) is 5.88 Å². The molecule has 34 heavy (non-hydrogen) atoms. The van der Waals surface area contributed by atoms with Gasteiger partial charge in [-0.2, -0.15) is 0 Å². The summed E-state index contributed by atoms with van der Waals surface area (Å²) in [7, 11) is -2.70. The Morgan fingerprint density at radius 3 is 2.21 bits per heavy atom. The highest BCUT2D eigenvalue weighted by Gasteiger charge is 2.20. The third kappa shape index (κ3) is 8.42. The molecule has 1 aromatic carbocycles. The van der Waals surface area contributed by atoms with E-state index < -0.39 is 22.0 Å². The van der Waals surface area contributed by atoms with Crippen molar-refractivity contribution in [2.45, 2.75) is 11.8 Å². The SMILES string of the molecule is CCOCCNC(=O)Oc1ccc(C(=O)NS(=O)(=O)c2ccc(C(=O)NCCOC)cc2)cn1. The maximum atomic E-state index is 12.5. The molecule has 0 unspecified atom stereocenters. The fourth-order valence-corrected chi connectivity index (χ4v) is 3.44. The topological polar surface area (TPSA) is 162 Å². The molecule has 0 aliphatic carbocycles. The van der Waals surface area contributed by atoms with Crippen LogP contribution in [0.5, 0.6) is 5.88 Å². The van der Waals surface area contributed by atoms with Gasteiger partial charge in [0.05, 0.1) is 23.7 Å². The molecule has 0 fully saturated rings. The molecule has 13 heteroatoms. The Morgan fingerprint density at radius 2 is 1.59 bits per heavy atom. The number of sulfonamides is 1. The number of ether oxygens (including phenoxy) is 3. The largest absolute Gasteiger partial charge is 0.414 e. The van der Waals surface area contributed by atoms with Gasteiger partial charge in [-0.1, -0.05) is 0 Å². The number of benzene rings is 1. The van der Waals surface area contributed by atoms with Gasteiger partial charge in [-0.15, -0.1) is 0 Å². The molecule has 0 radical (unpaired) electrons. The van der Waals surface area contributed by atoms with Crippen LogP contribution in [0.25, 0.3) is 0 Å². The van der Waals surface area contributed by atoms with Crippen LogP contribution in [0.4, 0.5) is 4.79 Å². The van der Waals surface area contributed by atoms with Gasteiger partial charge in [-0.05, 0) is 37.3 Å². The Kier molecular flexibility index (Phi) is 10.4. The third-order valence-corrected chi connectivity index (χ3v) is 5.51. The summed E-state index contributed by atoms with van der Waals surface area (Å²) in [5.74, 6) is -1.39. The molecule has 0 aliphatic rings. The monoisotopic (exact) mass is 494 g/mol. The van der Waals surface area contributed by atoms with Crippen molar-refractivity contribution in [3.63, 3.8) is 0 Å². The molecule has 2 rings (SSSR count). The van der Waals surface area contributed by atoms with Gasteiger partial charge < -0.3 is 24.8 Å². The summed E-state index contributed by atoms with van der Waals surface area (Å²) >= 11 is 0. The summed E-state index contributed by atoms with van der Waals surface area (Å²) in [6.07, 6.45) is 0.323. The highest BCUT2D eigenvalue weighted by atomic mass is 32.2. The van der Waals surface area contributed by atoms with E-state index in [2.05, 4.69) is 15.6 Å². The normalized spacial score (nSPS) is 10.9. The summed E-state index contributed by atoms with van der Waals surface area (Å²) < 4.78 is 41.8. The summed E-state index contributed by atoms with van der Waals surface area (Å²) in [5, 5.41) is 5.07. The number of nitrogens with zero attached hydrogens (tertiary/aromatic N) is 1. The molecule has 3 amide bonds. The number of nitrogens with one attached hydrogen (secondary N) is 3. The molecule has 184 valence electrons. The molecular formula is C21H26N4O8S. The zero-order chi connectivity index (χ0) is 25.0. The second-order valence-electron chi connectivity index (χ2n) is 6.61. The first-order valence-electron chi connectivity index (χ1n) is 10.2. The van der Waals surface area contributed by atoms with Crippen LogP contribution in [0.15, 0.2) is 47.5 Å². The van der Waals surface area contributed by atoms with E-state index in [1.807, 2.05) is 11.6 Å². The number of aromatic nitrogens is 1. The van der Waals surface area contributed by atoms with Crippen LogP contribution < -0.4 is 20.1 Å². The highest BCUT2D eigenvalue weighted by Crippen LogP contribution is 2.13. The first kappa shape index (κ1) is 26.7. The fourth-order valence-electron chi connectivity index (χ4n) is 2.47. The molecule has 3 N–H and O–H groups in total. The van der Waals surface area contributed by atoms with E-state index in [-0.39, 0.29) is 34.4 Å². The predicted molar refractivity (Wildman–Crippen MR) is 120 cm³/mol. The molecule has 12 nitrogen and oxygen atoms in total. The fraction of sp³-hybridized carbons (Fsp3) is 0.333. The minimum Gasteiger partial charge on any atom is -0.391 e. The van der Waals surface area contributed by atoms with Crippen LogP contribution >= 0.6 is 0 Å². The van der Waals surface area contributed by atoms with E-state index in [9.17, 15) is 22.8 Å². The lowest BCUT2D eigenvalue weighted by Gasteiger charge is -2.09.